The van der Waals surface area contributed by atoms with Crippen molar-refractivity contribution in [2.24, 2.45) is 0 Å². The van der Waals surface area contributed by atoms with E-state index in [2.05, 4.69) is 74.5 Å². The van der Waals surface area contributed by atoms with Gasteiger partial charge in [-0.3, -0.25) is 4.48 Å². The highest BCUT2D eigenvalue weighted by atomic mass is 32.2. The van der Waals surface area contributed by atoms with Crippen LogP contribution in [0.2, 0.25) is 0 Å². The van der Waals surface area contributed by atoms with Gasteiger partial charge >= 0.3 is 5.51 Å². The SMILES string of the molecule is CC[N+](CC)(Cc1ccccc1)c1ccccc1.O=S(=O)([O-])C(F)(F)F. The first-order valence-electron chi connectivity index (χ1n) is 8.03. The molecule has 0 saturated heterocycles. The summed E-state index contributed by atoms with van der Waals surface area (Å²) in [5.41, 5.74) is -2.83. The normalized spacial score (nSPS) is 12.2. The number of rotatable bonds is 5. The number of hydrogen-bond acceptors (Lipinski definition) is 3. The van der Waals surface area contributed by atoms with Crippen LogP contribution in [0.1, 0.15) is 19.4 Å². The molecule has 8 heteroatoms. The minimum Gasteiger partial charge on any atom is -0.741 e. The van der Waals surface area contributed by atoms with Crippen molar-refractivity contribution < 1.29 is 26.1 Å². The molecule has 4 nitrogen and oxygen atoms in total. The maximum atomic E-state index is 10.7. The van der Waals surface area contributed by atoms with E-state index in [4.69, 9.17) is 13.0 Å². The Balaban J connectivity index is 0.000000359. The first-order chi connectivity index (χ1) is 12.1. The van der Waals surface area contributed by atoms with E-state index in [1.165, 1.54) is 11.3 Å². The number of para-hydroxylation sites is 1. The Bertz CT molecular complexity index is 759. The van der Waals surface area contributed by atoms with Crippen LogP contribution in [0.5, 0.6) is 0 Å². The van der Waals surface area contributed by atoms with Crippen LogP contribution in [-0.4, -0.2) is 31.6 Å². The molecule has 0 aromatic heterocycles. The van der Waals surface area contributed by atoms with Crippen molar-refractivity contribution in [2.75, 3.05) is 13.1 Å². The highest BCUT2D eigenvalue weighted by Gasteiger charge is 2.36. The van der Waals surface area contributed by atoms with Gasteiger partial charge in [-0.15, -0.1) is 0 Å². The van der Waals surface area contributed by atoms with Crippen LogP contribution < -0.4 is 4.48 Å². The maximum Gasteiger partial charge on any atom is 0.485 e. The summed E-state index contributed by atoms with van der Waals surface area (Å²) in [5, 5.41) is 0. The Morgan fingerprint density at radius 1 is 0.885 bits per heavy atom. The first kappa shape index (κ1) is 22.1. The molecule has 26 heavy (non-hydrogen) atoms. The minimum absolute atomic E-state index is 1.02. The summed E-state index contributed by atoms with van der Waals surface area (Å²) in [4.78, 5) is 0. The van der Waals surface area contributed by atoms with E-state index in [0.717, 1.165) is 24.1 Å². The second-order valence-electron chi connectivity index (χ2n) is 5.66. The molecule has 0 amide bonds. The molecule has 0 heterocycles. The van der Waals surface area contributed by atoms with Crippen LogP contribution in [0, 0.1) is 0 Å². The highest BCUT2D eigenvalue weighted by molar-refractivity contribution is 7.86. The van der Waals surface area contributed by atoms with E-state index in [-0.39, 0.29) is 0 Å². The van der Waals surface area contributed by atoms with Crippen molar-refractivity contribution in [3.8, 4) is 0 Å². The molecule has 2 aromatic carbocycles. The average Bonchev–Trinajstić information content (AvgIpc) is 2.60. The summed E-state index contributed by atoms with van der Waals surface area (Å²) in [6, 6.07) is 21.6. The molecule has 0 fully saturated rings. The fourth-order valence-electron chi connectivity index (χ4n) is 2.58. The molecule has 2 rings (SSSR count). The molecule has 0 spiro atoms. The standard InChI is InChI=1S/C17H22N.CHF3O3S/c1-3-18(4-2,17-13-9-6-10-14-17)15-16-11-7-5-8-12-16;2-1(3,4)8(5,6)7/h5-14H,3-4,15H2,1-2H3;(H,5,6,7)/q+1;/p-1. The van der Waals surface area contributed by atoms with Crippen LogP contribution >= 0.6 is 0 Å². The van der Waals surface area contributed by atoms with Crippen molar-refractivity contribution in [3.63, 3.8) is 0 Å². The molecule has 0 saturated carbocycles. The molecule has 0 N–H and O–H groups in total. The Morgan fingerprint density at radius 3 is 1.62 bits per heavy atom. The third-order valence-electron chi connectivity index (χ3n) is 4.13. The minimum atomic E-state index is -6.09. The van der Waals surface area contributed by atoms with E-state index < -0.39 is 15.6 Å². The number of quaternary nitrogens is 1. The highest BCUT2D eigenvalue weighted by Crippen LogP contribution is 2.25. The molecule has 0 bridgehead atoms. The van der Waals surface area contributed by atoms with E-state index in [9.17, 15) is 13.2 Å². The lowest BCUT2D eigenvalue weighted by Crippen LogP contribution is -2.48. The van der Waals surface area contributed by atoms with Crippen molar-refractivity contribution in [3.05, 3.63) is 66.2 Å². The van der Waals surface area contributed by atoms with E-state index in [0.29, 0.717) is 0 Å². The molecule has 144 valence electrons. The fraction of sp³-hybridized carbons (Fsp3) is 0.333. The molecule has 0 aliphatic carbocycles. The van der Waals surface area contributed by atoms with Crippen LogP contribution in [0.25, 0.3) is 0 Å². The quantitative estimate of drug-likeness (QED) is 0.436. The van der Waals surface area contributed by atoms with Gasteiger partial charge in [0.05, 0.1) is 13.1 Å². The maximum absolute atomic E-state index is 10.7. The zero-order chi connectivity index (χ0) is 19.8. The first-order valence-corrected chi connectivity index (χ1v) is 9.44. The molecule has 0 aliphatic rings. The van der Waals surface area contributed by atoms with Crippen LogP contribution in [0.15, 0.2) is 60.7 Å². The van der Waals surface area contributed by atoms with Crippen molar-refractivity contribution in [1.29, 1.82) is 0 Å². The molecule has 0 unspecified atom stereocenters. The zero-order valence-corrected chi connectivity index (χ0v) is 15.4. The van der Waals surface area contributed by atoms with Crippen molar-refractivity contribution in [2.45, 2.75) is 25.9 Å². The summed E-state index contributed by atoms with van der Waals surface area (Å²) < 4.78 is 59.9. The molecule has 0 atom stereocenters. The van der Waals surface area contributed by atoms with Crippen LogP contribution in [-0.2, 0) is 16.7 Å². The van der Waals surface area contributed by atoms with Gasteiger partial charge in [-0.1, -0.05) is 48.5 Å². The predicted molar refractivity (Wildman–Crippen MR) is 95.2 cm³/mol. The van der Waals surface area contributed by atoms with Gasteiger partial charge in [0.2, 0.25) is 0 Å². The second kappa shape index (κ2) is 9.16. The van der Waals surface area contributed by atoms with Crippen molar-refractivity contribution >= 4 is 15.8 Å². The zero-order valence-electron chi connectivity index (χ0n) is 14.6. The summed E-state index contributed by atoms with van der Waals surface area (Å²) in [6.45, 7) is 7.86. The predicted octanol–water partition coefficient (Wildman–Crippen LogP) is 4.29. The molecular formula is C18H22F3NO3S. The van der Waals surface area contributed by atoms with E-state index >= 15 is 0 Å². The summed E-state index contributed by atoms with van der Waals surface area (Å²) in [7, 11) is -6.09. The van der Waals surface area contributed by atoms with E-state index in [1.807, 2.05) is 0 Å². The van der Waals surface area contributed by atoms with Gasteiger partial charge in [0.1, 0.15) is 12.2 Å². The van der Waals surface area contributed by atoms with Crippen molar-refractivity contribution in [1.82, 2.24) is 4.48 Å². The van der Waals surface area contributed by atoms with Gasteiger partial charge in [-0.05, 0) is 26.0 Å². The topological polar surface area (TPSA) is 57.2 Å². The smallest absolute Gasteiger partial charge is 0.485 e. The molecule has 0 aliphatic heterocycles. The fourth-order valence-corrected chi connectivity index (χ4v) is 2.58. The van der Waals surface area contributed by atoms with Crippen LogP contribution in [0.4, 0.5) is 18.9 Å². The number of benzene rings is 2. The summed E-state index contributed by atoms with van der Waals surface area (Å²) in [5.74, 6) is 0. The van der Waals surface area contributed by atoms with Gasteiger partial charge in [0.15, 0.2) is 10.1 Å². The third-order valence-corrected chi connectivity index (χ3v) is 4.69. The lowest BCUT2D eigenvalue weighted by Gasteiger charge is -2.36. The Kier molecular flexibility index (Phi) is 7.80. The summed E-state index contributed by atoms with van der Waals surface area (Å²) >= 11 is 0. The molecular weight excluding hydrogens is 367 g/mol. The van der Waals surface area contributed by atoms with Gasteiger partial charge in [0.25, 0.3) is 0 Å². The average molecular weight is 389 g/mol. The van der Waals surface area contributed by atoms with Crippen LogP contribution in [0.3, 0.4) is 0 Å². The molecule has 2 aromatic rings. The van der Waals surface area contributed by atoms with Gasteiger partial charge < -0.3 is 4.55 Å². The van der Waals surface area contributed by atoms with Gasteiger partial charge in [-0.2, -0.15) is 13.2 Å². The third kappa shape index (κ3) is 6.12. The Morgan fingerprint density at radius 2 is 1.27 bits per heavy atom. The number of alkyl halides is 3. The lowest BCUT2D eigenvalue weighted by atomic mass is 10.1. The molecule has 0 radical (unpaired) electrons. The summed E-state index contributed by atoms with van der Waals surface area (Å²) in [6.07, 6.45) is 0. The Labute approximate surface area is 152 Å². The largest absolute Gasteiger partial charge is 0.741 e. The van der Waals surface area contributed by atoms with Gasteiger partial charge in [-0.25, -0.2) is 8.42 Å². The number of hydrogen-bond donors (Lipinski definition) is 0. The van der Waals surface area contributed by atoms with E-state index in [1.54, 1.807) is 0 Å². The Hall–Kier alpha value is -1.90. The lowest BCUT2D eigenvalue weighted by molar-refractivity contribution is -0.0517. The monoisotopic (exact) mass is 389 g/mol. The number of halogens is 3. The number of nitrogens with zero attached hydrogens (tertiary/aromatic N) is 1. The second-order valence-corrected chi connectivity index (χ2v) is 7.03. The van der Waals surface area contributed by atoms with Gasteiger partial charge in [0, 0.05) is 5.56 Å².